The van der Waals surface area contributed by atoms with Crippen molar-refractivity contribution >= 4 is 33.1 Å². The zero-order valence-electron chi connectivity index (χ0n) is 24.0. The third kappa shape index (κ3) is 6.34. The molecule has 9 nitrogen and oxygen atoms in total. The normalized spacial score (nSPS) is 18.0. The molecule has 1 atom stereocenters. The number of amides is 1. The molecular weight excluding hydrogens is 552 g/mol. The first-order chi connectivity index (χ1) is 19.9. The number of anilines is 2. The number of nitrogens with one attached hydrogen (secondary N) is 2. The van der Waals surface area contributed by atoms with Gasteiger partial charge in [-0.05, 0) is 65.8 Å². The molecule has 0 bridgehead atoms. The van der Waals surface area contributed by atoms with Crippen LogP contribution in [-0.2, 0) is 26.0 Å². The molecule has 10 heteroatoms. The average molecular weight is 589 g/mol. The minimum absolute atomic E-state index is 0.0210. The highest BCUT2D eigenvalue weighted by Crippen LogP contribution is 2.48. The number of fused-ring (bicyclic) bond motifs is 1. The van der Waals surface area contributed by atoms with Crippen LogP contribution < -0.4 is 25.4 Å². The van der Waals surface area contributed by atoms with Gasteiger partial charge in [-0.1, -0.05) is 50.2 Å². The van der Waals surface area contributed by atoms with Gasteiger partial charge in [0.05, 0.1) is 36.0 Å². The van der Waals surface area contributed by atoms with Crippen molar-refractivity contribution in [2.45, 2.75) is 44.0 Å². The number of sulfonamides is 1. The molecule has 0 spiro atoms. The molecule has 0 fully saturated rings. The van der Waals surface area contributed by atoms with Gasteiger partial charge < -0.3 is 20.3 Å². The molecule has 1 amide bonds. The number of Topliss-reactive ketones (excluding diaryl/α,β-unsaturated/α-hetero) is 1. The molecule has 5 rings (SSSR count). The van der Waals surface area contributed by atoms with Crippen LogP contribution in [0.15, 0.2) is 89.0 Å². The average Bonchev–Trinajstić information content (AvgIpc) is 3.06. The quantitative estimate of drug-likeness (QED) is 0.357. The fraction of sp³-hybridized carbons (Fsp3) is 0.312. The largest absolute Gasteiger partial charge is 0.497 e. The smallest absolute Gasteiger partial charge is 0.239 e. The van der Waals surface area contributed by atoms with E-state index in [1.807, 2.05) is 53.4 Å². The SMILES string of the molecule is COc1ccc(C2C3=C(CC(C)(C)CC3=O)Nc3ccccc3N2CC(=O)NCCc2ccc(S(N)(=O)=O)cc2)cc1. The van der Waals surface area contributed by atoms with Crippen LogP contribution in [0.3, 0.4) is 0 Å². The van der Waals surface area contributed by atoms with Crippen LogP contribution in [0.1, 0.15) is 43.9 Å². The number of nitrogens with two attached hydrogens (primary N) is 1. The van der Waals surface area contributed by atoms with E-state index in [-0.39, 0.29) is 28.5 Å². The number of primary sulfonamides is 1. The molecule has 0 saturated heterocycles. The van der Waals surface area contributed by atoms with Gasteiger partial charge in [0.1, 0.15) is 5.75 Å². The van der Waals surface area contributed by atoms with Gasteiger partial charge in [0.15, 0.2) is 5.78 Å². The van der Waals surface area contributed by atoms with Crippen molar-refractivity contribution in [3.8, 4) is 5.75 Å². The maximum absolute atomic E-state index is 13.8. The van der Waals surface area contributed by atoms with E-state index in [0.29, 0.717) is 37.1 Å². The first-order valence-corrected chi connectivity index (χ1v) is 15.4. The van der Waals surface area contributed by atoms with Crippen LogP contribution in [0, 0.1) is 5.41 Å². The summed E-state index contributed by atoms with van der Waals surface area (Å²) < 4.78 is 28.4. The lowest BCUT2D eigenvalue weighted by Gasteiger charge is -2.38. The number of ketones is 1. The number of carbonyl (C=O) groups is 2. The molecule has 220 valence electrons. The Hall–Kier alpha value is -4.15. The zero-order valence-corrected chi connectivity index (χ0v) is 24.8. The van der Waals surface area contributed by atoms with E-state index in [1.165, 1.54) is 12.1 Å². The number of carbonyl (C=O) groups excluding carboxylic acids is 2. The van der Waals surface area contributed by atoms with E-state index in [1.54, 1.807) is 19.2 Å². The topological polar surface area (TPSA) is 131 Å². The second-order valence-electron chi connectivity index (χ2n) is 11.6. The van der Waals surface area contributed by atoms with E-state index >= 15 is 0 Å². The fourth-order valence-electron chi connectivity index (χ4n) is 5.76. The van der Waals surface area contributed by atoms with Crippen LogP contribution in [0.4, 0.5) is 11.4 Å². The van der Waals surface area contributed by atoms with Gasteiger partial charge in [-0.25, -0.2) is 13.6 Å². The summed E-state index contributed by atoms with van der Waals surface area (Å²) in [6, 6.07) is 21.3. The van der Waals surface area contributed by atoms with Gasteiger partial charge in [0.2, 0.25) is 15.9 Å². The summed E-state index contributed by atoms with van der Waals surface area (Å²) in [6.45, 7) is 4.58. The molecule has 3 aromatic rings. The summed E-state index contributed by atoms with van der Waals surface area (Å²) >= 11 is 0. The lowest BCUT2D eigenvalue weighted by molar-refractivity contribution is -0.120. The Balaban J connectivity index is 1.45. The first-order valence-electron chi connectivity index (χ1n) is 13.9. The molecule has 1 heterocycles. The number of methoxy groups -OCH3 is 1. The molecule has 4 N–H and O–H groups in total. The van der Waals surface area contributed by atoms with Crippen LogP contribution >= 0.6 is 0 Å². The van der Waals surface area contributed by atoms with Crippen LogP contribution in [-0.4, -0.2) is 40.3 Å². The number of hydrogen-bond acceptors (Lipinski definition) is 7. The maximum atomic E-state index is 13.8. The second-order valence-corrected chi connectivity index (χ2v) is 13.1. The monoisotopic (exact) mass is 588 g/mol. The number of rotatable bonds is 8. The molecule has 0 saturated carbocycles. The highest BCUT2D eigenvalue weighted by atomic mass is 32.2. The lowest BCUT2D eigenvalue weighted by atomic mass is 9.73. The van der Waals surface area contributed by atoms with Crippen molar-refractivity contribution in [2.75, 3.05) is 30.4 Å². The van der Waals surface area contributed by atoms with Gasteiger partial charge in [-0.15, -0.1) is 0 Å². The van der Waals surface area contributed by atoms with E-state index in [9.17, 15) is 18.0 Å². The molecular formula is C32H36N4O5S. The molecule has 1 unspecified atom stereocenters. The summed E-state index contributed by atoms with van der Waals surface area (Å²) in [5.74, 6) is 0.574. The van der Waals surface area contributed by atoms with Crippen LogP contribution in [0.5, 0.6) is 5.75 Å². The summed E-state index contributed by atoms with van der Waals surface area (Å²) in [4.78, 5) is 29.3. The molecule has 1 aliphatic heterocycles. The van der Waals surface area contributed by atoms with Gasteiger partial charge >= 0.3 is 0 Å². The van der Waals surface area contributed by atoms with Crippen molar-refractivity contribution in [1.29, 1.82) is 0 Å². The summed E-state index contributed by atoms with van der Waals surface area (Å²) in [5.41, 5.74) is 4.79. The Bertz CT molecular complexity index is 1630. The highest BCUT2D eigenvalue weighted by Gasteiger charge is 2.41. The predicted octanol–water partition coefficient (Wildman–Crippen LogP) is 4.32. The molecule has 3 aromatic carbocycles. The summed E-state index contributed by atoms with van der Waals surface area (Å²) in [5, 5.41) is 11.7. The zero-order chi connectivity index (χ0) is 30.1. The van der Waals surface area contributed by atoms with E-state index in [4.69, 9.17) is 9.88 Å². The van der Waals surface area contributed by atoms with Crippen molar-refractivity contribution in [3.63, 3.8) is 0 Å². The number of hydrogen-bond donors (Lipinski definition) is 3. The Kier molecular flexibility index (Phi) is 8.12. The molecule has 1 aliphatic carbocycles. The Morgan fingerprint density at radius 2 is 1.74 bits per heavy atom. The van der Waals surface area contributed by atoms with Crippen molar-refractivity contribution < 1.29 is 22.7 Å². The van der Waals surface area contributed by atoms with E-state index in [0.717, 1.165) is 28.2 Å². The van der Waals surface area contributed by atoms with Crippen LogP contribution in [0.2, 0.25) is 0 Å². The molecule has 0 aromatic heterocycles. The van der Waals surface area contributed by atoms with Crippen LogP contribution in [0.25, 0.3) is 0 Å². The predicted molar refractivity (Wildman–Crippen MR) is 163 cm³/mol. The third-order valence-electron chi connectivity index (χ3n) is 7.74. The minimum Gasteiger partial charge on any atom is -0.497 e. The molecule has 42 heavy (non-hydrogen) atoms. The third-order valence-corrected chi connectivity index (χ3v) is 8.67. The fourth-order valence-corrected chi connectivity index (χ4v) is 6.28. The number of benzene rings is 3. The maximum Gasteiger partial charge on any atom is 0.239 e. The number of para-hydroxylation sites is 2. The molecule has 2 aliphatic rings. The minimum atomic E-state index is -3.76. The van der Waals surface area contributed by atoms with Crippen molar-refractivity contribution in [3.05, 3.63) is 95.2 Å². The Labute approximate surface area is 246 Å². The number of ether oxygens (including phenoxy) is 1. The second kappa shape index (κ2) is 11.6. The number of nitrogens with zero attached hydrogens (tertiary/aromatic N) is 1. The van der Waals surface area contributed by atoms with E-state index < -0.39 is 16.1 Å². The molecule has 0 radical (unpaired) electrons. The Morgan fingerprint density at radius 1 is 1.05 bits per heavy atom. The van der Waals surface area contributed by atoms with E-state index in [2.05, 4.69) is 24.5 Å². The van der Waals surface area contributed by atoms with Gasteiger partial charge in [0, 0.05) is 24.2 Å². The standard InChI is InChI=1S/C32H36N4O5S/c1-32(2)18-26-30(28(37)19-32)31(22-10-12-23(41-3)13-11-22)36(27-7-5-4-6-25(27)35-26)20-29(38)34-17-16-21-8-14-24(15-9-21)42(33,39)40/h4-15,31,35H,16-20H2,1-3H3,(H,34,38)(H2,33,39,40). The Morgan fingerprint density at radius 3 is 2.40 bits per heavy atom. The highest BCUT2D eigenvalue weighted by molar-refractivity contribution is 7.89. The lowest BCUT2D eigenvalue weighted by Crippen LogP contribution is -2.42. The van der Waals surface area contributed by atoms with Crippen molar-refractivity contribution in [1.82, 2.24) is 5.32 Å². The van der Waals surface area contributed by atoms with Gasteiger partial charge in [0.25, 0.3) is 0 Å². The first kappa shape index (κ1) is 29.3. The van der Waals surface area contributed by atoms with Gasteiger partial charge in [-0.2, -0.15) is 0 Å². The summed E-state index contributed by atoms with van der Waals surface area (Å²) in [6.07, 6.45) is 1.64. The van der Waals surface area contributed by atoms with Gasteiger partial charge in [-0.3, -0.25) is 9.59 Å². The van der Waals surface area contributed by atoms with Crippen molar-refractivity contribution in [2.24, 2.45) is 10.6 Å². The summed E-state index contributed by atoms with van der Waals surface area (Å²) in [7, 11) is -2.15. The number of allylic oxidation sites excluding steroid dienone is 1.